The van der Waals surface area contributed by atoms with Gasteiger partial charge in [0.05, 0.1) is 11.1 Å². The summed E-state index contributed by atoms with van der Waals surface area (Å²) in [6, 6.07) is 6.45. The number of rotatable bonds is 5. The van der Waals surface area contributed by atoms with Gasteiger partial charge in [0, 0.05) is 4.47 Å². The Morgan fingerprint density at radius 1 is 1.44 bits per heavy atom. The van der Waals surface area contributed by atoms with E-state index in [9.17, 15) is 0 Å². The Bertz CT molecular complexity index is 442. The second-order valence-electron chi connectivity index (χ2n) is 4.70. The van der Waals surface area contributed by atoms with Crippen LogP contribution in [0.3, 0.4) is 0 Å². The Hall–Kier alpha value is -0.310. The molecule has 1 aliphatic carbocycles. The van der Waals surface area contributed by atoms with Crippen LogP contribution in [-0.2, 0) is 0 Å². The molecule has 1 aromatic rings. The predicted octanol–water partition coefficient (Wildman–Crippen LogP) is 5.25. The maximum absolute atomic E-state index is 6.43. The summed E-state index contributed by atoms with van der Waals surface area (Å²) in [7, 11) is 0. The molecule has 0 saturated carbocycles. The molecule has 1 atom stereocenters. The quantitative estimate of drug-likeness (QED) is 0.728. The summed E-state index contributed by atoms with van der Waals surface area (Å²) < 4.78 is 0.976. The fourth-order valence-electron chi connectivity index (χ4n) is 2.43. The second kappa shape index (κ2) is 6.74. The predicted molar refractivity (Wildman–Crippen MR) is 82.1 cm³/mol. The van der Waals surface area contributed by atoms with Crippen molar-refractivity contribution in [1.29, 1.82) is 0 Å². The van der Waals surface area contributed by atoms with Crippen molar-refractivity contribution in [3.8, 4) is 0 Å². The molecular weight excluding hydrogens is 310 g/mol. The van der Waals surface area contributed by atoms with Crippen molar-refractivity contribution in [3.63, 3.8) is 0 Å². The summed E-state index contributed by atoms with van der Waals surface area (Å²) in [5.74, 6) is 0. The SMILES string of the molecule is CCCNC(C1=CCCC1)c1cccc(Br)c1Cl. The van der Waals surface area contributed by atoms with E-state index in [1.54, 1.807) is 0 Å². The lowest BCUT2D eigenvalue weighted by atomic mass is 9.98. The van der Waals surface area contributed by atoms with Crippen molar-refractivity contribution in [2.45, 2.75) is 38.6 Å². The van der Waals surface area contributed by atoms with Crippen LogP contribution in [0.2, 0.25) is 5.02 Å². The minimum atomic E-state index is 0.275. The maximum atomic E-state index is 6.43. The van der Waals surface area contributed by atoms with Crippen LogP contribution in [0.25, 0.3) is 0 Å². The van der Waals surface area contributed by atoms with Crippen molar-refractivity contribution < 1.29 is 0 Å². The van der Waals surface area contributed by atoms with Crippen LogP contribution in [0.5, 0.6) is 0 Å². The first-order chi connectivity index (χ1) is 8.74. The zero-order valence-electron chi connectivity index (χ0n) is 10.7. The lowest BCUT2D eigenvalue weighted by molar-refractivity contribution is 0.578. The first-order valence-corrected chi connectivity index (χ1v) is 7.77. The Morgan fingerprint density at radius 3 is 2.94 bits per heavy atom. The van der Waals surface area contributed by atoms with E-state index in [2.05, 4.69) is 46.4 Å². The minimum absolute atomic E-state index is 0.275. The molecule has 0 bridgehead atoms. The molecule has 0 radical (unpaired) electrons. The highest BCUT2D eigenvalue weighted by Crippen LogP contribution is 2.36. The standard InChI is InChI=1S/C15H19BrClN/c1-2-10-18-15(11-6-3-4-7-11)12-8-5-9-13(16)14(12)17/h5-6,8-9,15,18H,2-4,7,10H2,1H3. The van der Waals surface area contributed by atoms with Crippen molar-refractivity contribution in [2.75, 3.05) is 6.54 Å². The van der Waals surface area contributed by atoms with Gasteiger partial charge in [-0.1, -0.05) is 42.3 Å². The van der Waals surface area contributed by atoms with Crippen molar-refractivity contribution >= 4 is 27.5 Å². The van der Waals surface area contributed by atoms with Crippen LogP contribution in [0, 0.1) is 0 Å². The zero-order valence-corrected chi connectivity index (χ0v) is 13.0. The van der Waals surface area contributed by atoms with Gasteiger partial charge in [-0.05, 0) is 59.8 Å². The van der Waals surface area contributed by atoms with Crippen LogP contribution in [-0.4, -0.2) is 6.54 Å². The second-order valence-corrected chi connectivity index (χ2v) is 5.93. The molecule has 2 rings (SSSR count). The van der Waals surface area contributed by atoms with E-state index in [1.807, 2.05) is 6.07 Å². The highest BCUT2D eigenvalue weighted by molar-refractivity contribution is 9.10. The van der Waals surface area contributed by atoms with E-state index < -0.39 is 0 Å². The monoisotopic (exact) mass is 327 g/mol. The molecule has 1 unspecified atom stereocenters. The molecular formula is C15H19BrClN. The average molecular weight is 329 g/mol. The topological polar surface area (TPSA) is 12.0 Å². The van der Waals surface area contributed by atoms with E-state index in [1.165, 1.54) is 30.4 Å². The molecule has 0 fully saturated rings. The fourth-order valence-corrected chi connectivity index (χ4v) is 3.05. The molecule has 1 nitrogen and oxygen atoms in total. The van der Waals surface area contributed by atoms with Crippen molar-refractivity contribution in [1.82, 2.24) is 5.32 Å². The molecule has 0 aliphatic heterocycles. The molecule has 0 saturated heterocycles. The summed E-state index contributed by atoms with van der Waals surface area (Å²) in [6.07, 6.45) is 7.15. The Kier molecular flexibility index (Phi) is 5.28. The van der Waals surface area contributed by atoms with Crippen LogP contribution in [0.15, 0.2) is 34.3 Å². The Balaban J connectivity index is 2.30. The van der Waals surface area contributed by atoms with Gasteiger partial charge in [0.15, 0.2) is 0 Å². The van der Waals surface area contributed by atoms with Gasteiger partial charge in [-0.25, -0.2) is 0 Å². The zero-order chi connectivity index (χ0) is 13.0. The number of hydrogen-bond acceptors (Lipinski definition) is 1. The third kappa shape index (κ3) is 3.17. The van der Waals surface area contributed by atoms with E-state index in [0.717, 1.165) is 22.5 Å². The molecule has 1 N–H and O–H groups in total. The summed E-state index contributed by atoms with van der Waals surface area (Å²) in [5.41, 5.74) is 2.68. The maximum Gasteiger partial charge on any atom is 0.0599 e. The van der Waals surface area contributed by atoms with Crippen LogP contribution >= 0.6 is 27.5 Å². The molecule has 1 aliphatic rings. The minimum Gasteiger partial charge on any atom is -0.306 e. The molecule has 3 heteroatoms. The molecule has 98 valence electrons. The Morgan fingerprint density at radius 2 is 2.28 bits per heavy atom. The van der Waals surface area contributed by atoms with Gasteiger partial charge in [-0.3, -0.25) is 0 Å². The van der Waals surface area contributed by atoms with E-state index in [0.29, 0.717) is 0 Å². The molecule has 18 heavy (non-hydrogen) atoms. The lowest BCUT2D eigenvalue weighted by Gasteiger charge is -2.22. The smallest absolute Gasteiger partial charge is 0.0599 e. The normalized spacial score (nSPS) is 16.7. The molecule has 0 spiro atoms. The number of allylic oxidation sites excluding steroid dienone is 1. The highest BCUT2D eigenvalue weighted by Gasteiger charge is 2.21. The van der Waals surface area contributed by atoms with Gasteiger partial charge in [0.25, 0.3) is 0 Å². The number of hydrogen-bond donors (Lipinski definition) is 1. The van der Waals surface area contributed by atoms with Crippen molar-refractivity contribution in [2.24, 2.45) is 0 Å². The summed E-state index contributed by atoms with van der Waals surface area (Å²) >= 11 is 9.94. The van der Waals surface area contributed by atoms with Gasteiger partial charge >= 0.3 is 0 Å². The summed E-state index contributed by atoms with van der Waals surface area (Å²) in [5, 5.41) is 4.45. The van der Waals surface area contributed by atoms with Gasteiger partial charge in [-0.15, -0.1) is 0 Å². The van der Waals surface area contributed by atoms with Crippen LogP contribution < -0.4 is 5.32 Å². The van der Waals surface area contributed by atoms with Gasteiger partial charge in [0.2, 0.25) is 0 Å². The average Bonchev–Trinajstić information content (AvgIpc) is 2.88. The first-order valence-electron chi connectivity index (χ1n) is 6.60. The fraction of sp³-hybridized carbons (Fsp3) is 0.467. The highest BCUT2D eigenvalue weighted by atomic mass is 79.9. The van der Waals surface area contributed by atoms with Crippen LogP contribution in [0.1, 0.15) is 44.2 Å². The summed E-state index contributed by atoms with van der Waals surface area (Å²) in [6.45, 7) is 3.21. The van der Waals surface area contributed by atoms with Crippen LogP contribution in [0.4, 0.5) is 0 Å². The van der Waals surface area contributed by atoms with E-state index >= 15 is 0 Å². The first kappa shape index (κ1) is 14.1. The molecule has 1 aromatic carbocycles. The van der Waals surface area contributed by atoms with Gasteiger partial charge < -0.3 is 5.32 Å². The van der Waals surface area contributed by atoms with E-state index in [4.69, 9.17) is 11.6 Å². The molecule has 0 amide bonds. The molecule has 0 heterocycles. The summed E-state index contributed by atoms with van der Waals surface area (Å²) in [4.78, 5) is 0. The third-order valence-electron chi connectivity index (χ3n) is 3.34. The van der Waals surface area contributed by atoms with E-state index in [-0.39, 0.29) is 6.04 Å². The Labute approximate surface area is 123 Å². The van der Waals surface area contributed by atoms with Gasteiger partial charge in [0.1, 0.15) is 0 Å². The van der Waals surface area contributed by atoms with Gasteiger partial charge in [-0.2, -0.15) is 0 Å². The van der Waals surface area contributed by atoms with Crippen molar-refractivity contribution in [3.05, 3.63) is 44.9 Å². The number of halogens is 2. The number of nitrogens with one attached hydrogen (secondary N) is 1. The number of benzene rings is 1. The largest absolute Gasteiger partial charge is 0.306 e. The third-order valence-corrected chi connectivity index (χ3v) is 4.65. The molecule has 0 aromatic heterocycles. The lowest BCUT2D eigenvalue weighted by Crippen LogP contribution is -2.23.